The summed E-state index contributed by atoms with van der Waals surface area (Å²) in [4.78, 5) is 24.5. The van der Waals surface area contributed by atoms with E-state index in [2.05, 4.69) is 10.6 Å². The molecule has 2 aromatic carbocycles. The molecule has 128 valence electrons. The number of carbonyl (C=O) groups is 2. The van der Waals surface area contributed by atoms with Crippen molar-refractivity contribution >= 4 is 12.0 Å². The standard InChI is InChI=1S/C19H18N2O4/c1-12-16(18(23)25-11-13-7-3-2-4-8-13)17(21-19(24)20-12)14-9-5-6-10-15(14)22/h2-10,17,22H,11H2,1H3,(H2,20,21,24). The predicted molar refractivity (Wildman–Crippen MR) is 91.5 cm³/mol. The number of nitrogens with one attached hydrogen (secondary N) is 2. The number of amides is 2. The smallest absolute Gasteiger partial charge is 0.338 e. The second kappa shape index (κ2) is 7.09. The Hall–Kier alpha value is -3.28. The maximum absolute atomic E-state index is 12.6. The topological polar surface area (TPSA) is 87.7 Å². The Kier molecular flexibility index (Phi) is 4.70. The van der Waals surface area contributed by atoms with Crippen LogP contribution in [0, 0.1) is 0 Å². The van der Waals surface area contributed by atoms with Gasteiger partial charge >= 0.3 is 12.0 Å². The van der Waals surface area contributed by atoms with Crippen molar-refractivity contribution in [3.8, 4) is 5.75 Å². The molecule has 2 aromatic rings. The molecule has 0 radical (unpaired) electrons. The van der Waals surface area contributed by atoms with Crippen LogP contribution in [0.1, 0.15) is 24.1 Å². The van der Waals surface area contributed by atoms with Gasteiger partial charge in [0.05, 0.1) is 11.6 Å². The molecule has 0 saturated heterocycles. The van der Waals surface area contributed by atoms with Gasteiger partial charge in [0.1, 0.15) is 12.4 Å². The summed E-state index contributed by atoms with van der Waals surface area (Å²) < 4.78 is 5.40. The summed E-state index contributed by atoms with van der Waals surface area (Å²) in [5.74, 6) is -0.557. The third-order valence-corrected chi connectivity index (χ3v) is 3.95. The van der Waals surface area contributed by atoms with E-state index in [1.807, 2.05) is 30.3 Å². The van der Waals surface area contributed by atoms with Gasteiger partial charge in [-0.1, -0.05) is 48.5 Å². The molecular weight excluding hydrogens is 320 g/mol. The van der Waals surface area contributed by atoms with Gasteiger partial charge in [-0.05, 0) is 18.6 Å². The van der Waals surface area contributed by atoms with Crippen LogP contribution in [-0.2, 0) is 16.1 Å². The molecule has 2 amide bonds. The number of ether oxygens (including phenoxy) is 1. The van der Waals surface area contributed by atoms with E-state index in [1.54, 1.807) is 25.1 Å². The van der Waals surface area contributed by atoms with Crippen molar-refractivity contribution in [1.82, 2.24) is 10.6 Å². The number of benzene rings is 2. The second-order valence-electron chi connectivity index (χ2n) is 5.69. The molecule has 0 fully saturated rings. The molecule has 3 rings (SSSR count). The number of hydrogen-bond donors (Lipinski definition) is 3. The van der Waals surface area contributed by atoms with E-state index >= 15 is 0 Å². The van der Waals surface area contributed by atoms with Crippen LogP contribution in [0.15, 0.2) is 65.9 Å². The first-order valence-electron chi connectivity index (χ1n) is 7.83. The highest BCUT2D eigenvalue weighted by Gasteiger charge is 2.33. The third kappa shape index (κ3) is 3.63. The molecule has 0 aliphatic carbocycles. The van der Waals surface area contributed by atoms with Crippen molar-refractivity contribution < 1.29 is 19.4 Å². The Morgan fingerprint density at radius 3 is 2.52 bits per heavy atom. The van der Waals surface area contributed by atoms with E-state index in [4.69, 9.17) is 4.74 Å². The normalized spacial score (nSPS) is 16.8. The van der Waals surface area contributed by atoms with Gasteiger partial charge < -0.3 is 20.5 Å². The summed E-state index contributed by atoms with van der Waals surface area (Å²) in [5.41, 5.74) is 1.96. The zero-order chi connectivity index (χ0) is 17.8. The molecule has 1 aliphatic heterocycles. The highest BCUT2D eigenvalue weighted by atomic mass is 16.5. The van der Waals surface area contributed by atoms with Crippen LogP contribution in [-0.4, -0.2) is 17.1 Å². The van der Waals surface area contributed by atoms with Crippen LogP contribution in [0.4, 0.5) is 4.79 Å². The van der Waals surface area contributed by atoms with E-state index in [0.717, 1.165) is 5.56 Å². The highest BCUT2D eigenvalue weighted by molar-refractivity contribution is 5.95. The van der Waals surface area contributed by atoms with Gasteiger partial charge in [-0.25, -0.2) is 9.59 Å². The van der Waals surface area contributed by atoms with Crippen molar-refractivity contribution in [2.75, 3.05) is 0 Å². The van der Waals surface area contributed by atoms with Gasteiger partial charge in [0.2, 0.25) is 0 Å². The number of phenolic OH excluding ortho intramolecular Hbond substituents is 1. The Morgan fingerprint density at radius 2 is 1.80 bits per heavy atom. The van der Waals surface area contributed by atoms with Crippen LogP contribution < -0.4 is 10.6 Å². The lowest BCUT2D eigenvalue weighted by Crippen LogP contribution is -2.45. The average Bonchev–Trinajstić information content (AvgIpc) is 2.60. The molecule has 1 aliphatic rings. The minimum absolute atomic E-state index is 0.00383. The predicted octanol–water partition coefficient (Wildman–Crippen LogP) is 2.76. The lowest BCUT2D eigenvalue weighted by atomic mass is 9.95. The minimum Gasteiger partial charge on any atom is -0.508 e. The van der Waals surface area contributed by atoms with Crippen molar-refractivity contribution in [2.45, 2.75) is 19.6 Å². The Labute approximate surface area is 145 Å². The molecule has 0 aromatic heterocycles. The molecule has 6 nitrogen and oxygen atoms in total. The summed E-state index contributed by atoms with van der Waals surface area (Å²) in [6.07, 6.45) is 0. The van der Waals surface area contributed by atoms with Crippen LogP contribution in [0.25, 0.3) is 0 Å². The third-order valence-electron chi connectivity index (χ3n) is 3.95. The summed E-state index contributed by atoms with van der Waals surface area (Å²) in [6.45, 7) is 1.75. The fourth-order valence-electron chi connectivity index (χ4n) is 2.73. The number of aromatic hydroxyl groups is 1. The zero-order valence-corrected chi connectivity index (χ0v) is 13.7. The Bertz CT molecular complexity index is 830. The number of hydrogen-bond acceptors (Lipinski definition) is 4. The number of para-hydroxylation sites is 1. The largest absolute Gasteiger partial charge is 0.508 e. The van der Waals surface area contributed by atoms with Crippen LogP contribution >= 0.6 is 0 Å². The summed E-state index contributed by atoms with van der Waals surface area (Å²) in [5, 5.41) is 15.3. The Morgan fingerprint density at radius 1 is 1.12 bits per heavy atom. The summed E-state index contributed by atoms with van der Waals surface area (Å²) in [6, 6.07) is 14.7. The van der Waals surface area contributed by atoms with E-state index in [-0.39, 0.29) is 17.9 Å². The maximum atomic E-state index is 12.6. The number of phenols is 1. The van der Waals surface area contributed by atoms with Crippen molar-refractivity contribution in [3.05, 3.63) is 77.0 Å². The number of allylic oxidation sites excluding steroid dienone is 1. The average molecular weight is 338 g/mol. The number of carbonyl (C=O) groups excluding carboxylic acids is 2. The van der Waals surface area contributed by atoms with Crippen LogP contribution in [0.3, 0.4) is 0 Å². The van der Waals surface area contributed by atoms with Gasteiger partial charge in [-0.2, -0.15) is 0 Å². The first-order valence-corrected chi connectivity index (χ1v) is 7.83. The highest BCUT2D eigenvalue weighted by Crippen LogP contribution is 2.32. The number of urea groups is 1. The van der Waals surface area contributed by atoms with E-state index < -0.39 is 18.0 Å². The molecule has 0 spiro atoms. The molecule has 6 heteroatoms. The SMILES string of the molecule is CC1=C(C(=O)OCc2ccccc2)C(c2ccccc2O)NC(=O)N1. The van der Waals surface area contributed by atoms with Crippen molar-refractivity contribution in [2.24, 2.45) is 0 Å². The fourth-order valence-corrected chi connectivity index (χ4v) is 2.73. The lowest BCUT2D eigenvalue weighted by molar-refractivity contribution is -0.140. The first-order chi connectivity index (χ1) is 12.1. The number of rotatable bonds is 4. The molecule has 0 saturated carbocycles. The van der Waals surface area contributed by atoms with E-state index in [0.29, 0.717) is 11.3 Å². The second-order valence-corrected chi connectivity index (χ2v) is 5.69. The molecule has 1 heterocycles. The van der Waals surface area contributed by atoms with E-state index in [9.17, 15) is 14.7 Å². The van der Waals surface area contributed by atoms with Gasteiger partial charge in [0.15, 0.2) is 0 Å². The molecule has 3 N–H and O–H groups in total. The minimum atomic E-state index is -0.779. The number of esters is 1. The molecule has 25 heavy (non-hydrogen) atoms. The van der Waals surface area contributed by atoms with Crippen molar-refractivity contribution in [3.63, 3.8) is 0 Å². The van der Waals surface area contributed by atoms with Crippen LogP contribution in [0.5, 0.6) is 5.75 Å². The van der Waals surface area contributed by atoms with Crippen LogP contribution in [0.2, 0.25) is 0 Å². The Balaban J connectivity index is 1.87. The lowest BCUT2D eigenvalue weighted by Gasteiger charge is -2.28. The molecule has 1 atom stereocenters. The van der Waals surface area contributed by atoms with Crippen molar-refractivity contribution in [1.29, 1.82) is 0 Å². The van der Waals surface area contributed by atoms with Gasteiger partial charge in [0, 0.05) is 11.3 Å². The van der Waals surface area contributed by atoms with Gasteiger partial charge in [0.25, 0.3) is 0 Å². The van der Waals surface area contributed by atoms with E-state index in [1.165, 1.54) is 6.07 Å². The summed E-state index contributed by atoms with van der Waals surface area (Å²) >= 11 is 0. The monoisotopic (exact) mass is 338 g/mol. The fraction of sp³-hybridized carbons (Fsp3) is 0.158. The zero-order valence-electron chi connectivity index (χ0n) is 13.7. The first kappa shape index (κ1) is 16.6. The molecule has 0 bridgehead atoms. The molecular formula is C19H18N2O4. The van der Waals surface area contributed by atoms with Gasteiger partial charge in [-0.3, -0.25) is 0 Å². The molecule has 1 unspecified atom stereocenters. The quantitative estimate of drug-likeness (QED) is 0.748. The summed E-state index contributed by atoms with van der Waals surface area (Å²) in [7, 11) is 0. The maximum Gasteiger partial charge on any atom is 0.338 e. The van der Waals surface area contributed by atoms with Gasteiger partial charge in [-0.15, -0.1) is 0 Å².